The number of hydrogen-bond acceptors (Lipinski definition) is 4. The van der Waals surface area contributed by atoms with Gasteiger partial charge in [-0.15, -0.1) is 0 Å². The first-order valence-electron chi connectivity index (χ1n) is 10.5. The largest absolute Gasteiger partial charge is 0.375 e. The minimum Gasteiger partial charge on any atom is -0.375 e. The molecule has 3 atom stereocenters. The zero-order valence-corrected chi connectivity index (χ0v) is 17.2. The Kier molecular flexibility index (Phi) is 7.64. The second-order valence-corrected chi connectivity index (χ2v) is 7.61. The van der Waals surface area contributed by atoms with E-state index in [1.165, 1.54) is 11.1 Å². The molecule has 4 heteroatoms. The summed E-state index contributed by atoms with van der Waals surface area (Å²) in [5.74, 6) is 0. The Labute approximate surface area is 178 Å². The van der Waals surface area contributed by atoms with Crippen LogP contribution in [0, 0.1) is 0 Å². The van der Waals surface area contributed by atoms with Crippen LogP contribution < -0.4 is 5.32 Å². The first kappa shape index (κ1) is 20.8. The lowest BCUT2D eigenvalue weighted by Gasteiger charge is -2.25. The summed E-state index contributed by atoms with van der Waals surface area (Å²) in [5, 5.41) is 3.54. The molecule has 1 heterocycles. The SMILES string of the molecule is c1ccc(COC[C@H]2NC[C@@H](OCc3ccccc3)[C@@H]2OCc2ccccc2)cc1. The molecule has 1 saturated heterocycles. The lowest BCUT2D eigenvalue weighted by Crippen LogP contribution is -2.39. The number of benzene rings is 3. The van der Waals surface area contributed by atoms with Crippen LogP contribution in [-0.2, 0) is 34.0 Å². The minimum atomic E-state index is -0.0651. The highest BCUT2D eigenvalue weighted by Crippen LogP contribution is 2.20. The molecule has 3 aromatic carbocycles. The lowest BCUT2D eigenvalue weighted by atomic mass is 10.1. The Morgan fingerprint density at radius 1 is 0.633 bits per heavy atom. The summed E-state index contributed by atoms with van der Waals surface area (Å²) in [6.07, 6.45) is -0.0797. The van der Waals surface area contributed by atoms with E-state index in [0.29, 0.717) is 26.4 Å². The average molecular weight is 404 g/mol. The molecule has 1 fully saturated rings. The average Bonchev–Trinajstić information content (AvgIpc) is 3.20. The molecule has 156 valence electrons. The van der Waals surface area contributed by atoms with Gasteiger partial charge in [0, 0.05) is 6.54 Å². The minimum absolute atomic E-state index is 0.0146. The molecule has 0 radical (unpaired) electrons. The molecule has 0 unspecified atom stereocenters. The molecule has 0 saturated carbocycles. The summed E-state index contributed by atoms with van der Waals surface area (Å²) < 4.78 is 18.6. The number of ether oxygens (including phenoxy) is 3. The van der Waals surface area contributed by atoms with Gasteiger partial charge in [0.05, 0.1) is 38.6 Å². The highest BCUT2D eigenvalue weighted by Gasteiger charge is 2.37. The third kappa shape index (κ3) is 6.00. The van der Waals surface area contributed by atoms with Crippen LogP contribution in [0.25, 0.3) is 0 Å². The van der Waals surface area contributed by atoms with Crippen LogP contribution in [0.1, 0.15) is 16.7 Å². The fourth-order valence-electron chi connectivity index (χ4n) is 3.71. The van der Waals surface area contributed by atoms with Gasteiger partial charge in [-0.25, -0.2) is 0 Å². The van der Waals surface area contributed by atoms with Crippen molar-refractivity contribution < 1.29 is 14.2 Å². The smallest absolute Gasteiger partial charge is 0.103 e. The van der Waals surface area contributed by atoms with E-state index in [-0.39, 0.29) is 18.2 Å². The summed E-state index contributed by atoms with van der Waals surface area (Å²) in [4.78, 5) is 0. The van der Waals surface area contributed by atoms with Gasteiger partial charge < -0.3 is 19.5 Å². The summed E-state index contributed by atoms with van der Waals surface area (Å²) in [5.41, 5.74) is 3.51. The Bertz CT molecular complexity index is 857. The van der Waals surface area contributed by atoms with Crippen LogP contribution in [0.5, 0.6) is 0 Å². The standard InChI is InChI=1S/C26H29NO3/c1-4-10-21(11-5-1)17-28-20-24-26(30-19-23-14-8-3-9-15-23)25(16-27-24)29-18-22-12-6-2-7-13-22/h1-15,24-27H,16-20H2/t24-,25-,26-/m1/s1. The van der Waals surface area contributed by atoms with Gasteiger partial charge in [0.15, 0.2) is 0 Å². The van der Waals surface area contributed by atoms with E-state index < -0.39 is 0 Å². The number of nitrogens with one attached hydrogen (secondary N) is 1. The first-order chi connectivity index (χ1) is 14.9. The van der Waals surface area contributed by atoms with Gasteiger partial charge in [0.25, 0.3) is 0 Å². The molecule has 3 aromatic rings. The molecule has 0 bridgehead atoms. The van der Waals surface area contributed by atoms with Crippen molar-refractivity contribution in [3.05, 3.63) is 108 Å². The molecular formula is C26H29NO3. The van der Waals surface area contributed by atoms with Crippen molar-refractivity contribution in [2.75, 3.05) is 13.2 Å². The Balaban J connectivity index is 1.35. The van der Waals surface area contributed by atoms with E-state index in [1.807, 2.05) is 54.6 Å². The fourth-order valence-corrected chi connectivity index (χ4v) is 3.71. The zero-order chi connectivity index (χ0) is 20.4. The summed E-state index contributed by atoms with van der Waals surface area (Å²) in [6.45, 7) is 3.08. The van der Waals surface area contributed by atoms with E-state index in [2.05, 4.69) is 41.7 Å². The highest BCUT2D eigenvalue weighted by molar-refractivity contribution is 5.15. The molecule has 30 heavy (non-hydrogen) atoms. The van der Waals surface area contributed by atoms with Crippen LogP contribution in [0.15, 0.2) is 91.0 Å². The maximum absolute atomic E-state index is 6.34. The van der Waals surface area contributed by atoms with Crippen LogP contribution in [0.2, 0.25) is 0 Å². The molecule has 4 rings (SSSR count). The normalized spacial score (nSPS) is 21.0. The molecule has 1 aliphatic heterocycles. The monoisotopic (exact) mass is 403 g/mol. The third-order valence-electron chi connectivity index (χ3n) is 5.35. The van der Waals surface area contributed by atoms with Crippen molar-refractivity contribution >= 4 is 0 Å². The molecule has 0 aliphatic carbocycles. The molecule has 0 aromatic heterocycles. The van der Waals surface area contributed by atoms with E-state index in [0.717, 1.165) is 12.1 Å². The molecule has 0 spiro atoms. The topological polar surface area (TPSA) is 39.7 Å². The summed E-state index contributed by atoms with van der Waals surface area (Å²) in [7, 11) is 0. The van der Waals surface area contributed by atoms with Gasteiger partial charge in [-0.1, -0.05) is 91.0 Å². The first-order valence-corrected chi connectivity index (χ1v) is 10.5. The third-order valence-corrected chi connectivity index (χ3v) is 5.35. The van der Waals surface area contributed by atoms with Crippen molar-refractivity contribution in [2.45, 2.75) is 38.1 Å². The zero-order valence-electron chi connectivity index (χ0n) is 17.2. The number of rotatable bonds is 10. The predicted octanol–water partition coefficient (Wildman–Crippen LogP) is 4.35. The fraction of sp³-hybridized carbons (Fsp3) is 0.308. The van der Waals surface area contributed by atoms with Crippen molar-refractivity contribution in [3.8, 4) is 0 Å². The second kappa shape index (κ2) is 11.0. The van der Waals surface area contributed by atoms with E-state index in [1.54, 1.807) is 0 Å². The Hall–Kier alpha value is -2.50. The number of hydrogen-bond donors (Lipinski definition) is 1. The van der Waals surface area contributed by atoms with Crippen LogP contribution in [0.3, 0.4) is 0 Å². The van der Waals surface area contributed by atoms with Crippen molar-refractivity contribution in [1.29, 1.82) is 0 Å². The molecule has 1 aliphatic rings. The van der Waals surface area contributed by atoms with Crippen molar-refractivity contribution in [3.63, 3.8) is 0 Å². The van der Waals surface area contributed by atoms with E-state index in [4.69, 9.17) is 14.2 Å². The van der Waals surface area contributed by atoms with Crippen molar-refractivity contribution in [1.82, 2.24) is 5.32 Å². The van der Waals surface area contributed by atoms with Crippen LogP contribution >= 0.6 is 0 Å². The Morgan fingerprint density at radius 3 is 1.70 bits per heavy atom. The second-order valence-electron chi connectivity index (χ2n) is 7.61. The maximum Gasteiger partial charge on any atom is 0.103 e. The van der Waals surface area contributed by atoms with Crippen LogP contribution in [0.4, 0.5) is 0 Å². The predicted molar refractivity (Wildman–Crippen MR) is 118 cm³/mol. The lowest BCUT2D eigenvalue weighted by molar-refractivity contribution is -0.0786. The molecular weight excluding hydrogens is 374 g/mol. The maximum atomic E-state index is 6.34. The quantitative estimate of drug-likeness (QED) is 0.546. The van der Waals surface area contributed by atoms with Gasteiger partial charge in [-0.2, -0.15) is 0 Å². The highest BCUT2D eigenvalue weighted by atomic mass is 16.5. The van der Waals surface area contributed by atoms with Gasteiger partial charge in [-0.05, 0) is 16.7 Å². The van der Waals surface area contributed by atoms with Crippen LogP contribution in [-0.4, -0.2) is 31.4 Å². The van der Waals surface area contributed by atoms with E-state index in [9.17, 15) is 0 Å². The molecule has 1 N–H and O–H groups in total. The summed E-state index contributed by atoms with van der Waals surface area (Å²) in [6, 6.07) is 30.9. The van der Waals surface area contributed by atoms with Gasteiger partial charge in [0.2, 0.25) is 0 Å². The van der Waals surface area contributed by atoms with Gasteiger partial charge in [-0.3, -0.25) is 0 Å². The van der Waals surface area contributed by atoms with Gasteiger partial charge >= 0.3 is 0 Å². The summed E-state index contributed by atoms with van der Waals surface area (Å²) >= 11 is 0. The van der Waals surface area contributed by atoms with E-state index >= 15 is 0 Å². The molecule has 0 amide bonds. The van der Waals surface area contributed by atoms with Crippen molar-refractivity contribution in [2.24, 2.45) is 0 Å². The Morgan fingerprint density at radius 2 is 1.13 bits per heavy atom. The van der Waals surface area contributed by atoms with Gasteiger partial charge in [0.1, 0.15) is 6.10 Å². The molecule has 4 nitrogen and oxygen atoms in total.